The second-order valence-electron chi connectivity index (χ2n) is 3.64. The van der Waals surface area contributed by atoms with Gasteiger partial charge < -0.3 is 21.7 Å². The van der Waals surface area contributed by atoms with Crippen LogP contribution in [0.5, 0.6) is 0 Å². The molecule has 0 saturated heterocycles. The Labute approximate surface area is 99.8 Å². The summed E-state index contributed by atoms with van der Waals surface area (Å²) in [7, 11) is 0. The number of primary amides is 1. The van der Waals surface area contributed by atoms with Gasteiger partial charge in [-0.2, -0.15) is 13.2 Å². The lowest BCUT2D eigenvalue weighted by atomic mass is 10.0. The Morgan fingerprint density at radius 1 is 1.28 bits per heavy atom. The minimum Gasteiger partial charge on any atom is -0.398 e. The Morgan fingerprint density at radius 3 is 2.22 bits per heavy atom. The first-order valence-electron chi connectivity index (χ1n) is 4.76. The highest BCUT2D eigenvalue weighted by molar-refractivity contribution is 5.79. The number of alkyl halides is 3. The molecule has 0 aliphatic carbocycles. The quantitative estimate of drug-likeness (QED) is 0.583. The number of aliphatic hydroxyl groups excluding tert-OH is 2. The van der Waals surface area contributed by atoms with E-state index in [9.17, 15) is 28.2 Å². The molecule has 0 saturated carbocycles. The van der Waals surface area contributed by atoms with Gasteiger partial charge in [0.1, 0.15) is 6.10 Å². The van der Waals surface area contributed by atoms with Gasteiger partial charge in [-0.3, -0.25) is 4.79 Å². The van der Waals surface area contributed by atoms with Gasteiger partial charge in [0, 0.05) is 5.69 Å². The van der Waals surface area contributed by atoms with Crippen molar-refractivity contribution in [2.45, 2.75) is 18.4 Å². The molecule has 1 aromatic carbocycles. The topological polar surface area (TPSA) is 110 Å². The van der Waals surface area contributed by atoms with Crippen LogP contribution in [-0.2, 0) is 11.0 Å². The lowest BCUT2D eigenvalue weighted by Crippen LogP contribution is -2.33. The van der Waals surface area contributed by atoms with Gasteiger partial charge in [0.05, 0.1) is 5.56 Å². The largest absolute Gasteiger partial charge is 0.418 e. The highest BCUT2D eigenvalue weighted by Gasteiger charge is 2.33. The molecule has 0 spiro atoms. The van der Waals surface area contributed by atoms with Crippen molar-refractivity contribution in [3.05, 3.63) is 29.3 Å². The van der Waals surface area contributed by atoms with Crippen LogP contribution in [0.25, 0.3) is 0 Å². The maximum atomic E-state index is 12.4. The molecular weight excluding hydrogens is 253 g/mol. The van der Waals surface area contributed by atoms with Gasteiger partial charge in [0.15, 0.2) is 6.10 Å². The van der Waals surface area contributed by atoms with E-state index in [0.29, 0.717) is 6.07 Å². The summed E-state index contributed by atoms with van der Waals surface area (Å²) in [6.45, 7) is 0. The Morgan fingerprint density at radius 2 is 1.83 bits per heavy atom. The molecule has 0 aromatic heterocycles. The smallest absolute Gasteiger partial charge is 0.398 e. The maximum Gasteiger partial charge on any atom is 0.418 e. The summed E-state index contributed by atoms with van der Waals surface area (Å²) in [5, 5.41) is 18.7. The SMILES string of the molecule is NC(=O)C(O)C(O)c1ccc(C(F)(F)F)c(N)c1. The molecule has 6 N–H and O–H groups in total. The fraction of sp³-hybridized carbons (Fsp3) is 0.300. The molecule has 2 unspecified atom stereocenters. The average Bonchev–Trinajstić information content (AvgIpc) is 2.24. The summed E-state index contributed by atoms with van der Waals surface area (Å²) in [6.07, 6.45) is -8.26. The minimum absolute atomic E-state index is 0.133. The number of halogens is 3. The van der Waals surface area contributed by atoms with E-state index in [2.05, 4.69) is 0 Å². The Kier molecular flexibility index (Phi) is 3.82. The summed E-state index contributed by atoms with van der Waals surface area (Å²) in [5.74, 6) is -1.19. The molecule has 100 valence electrons. The second-order valence-corrected chi connectivity index (χ2v) is 3.64. The van der Waals surface area contributed by atoms with Crippen LogP contribution < -0.4 is 11.5 Å². The molecule has 2 atom stereocenters. The van der Waals surface area contributed by atoms with Crippen molar-refractivity contribution in [1.29, 1.82) is 0 Å². The first-order chi connectivity index (χ1) is 8.14. The third-order valence-corrected chi connectivity index (χ3v) is 2.31. The van der Waals surface area contributed by atoms with Crippen LogP contribution in [-0.4, -0.2) is 22.2 Å². The van der Waals surface area contributed by atoms with Gasteiger partial charge in [-0.05, 0) is 17.7 Å². The second kappa shape index (κ2) is 4.83. The maximum absolute atomic E-state index is 12.4. The van der Waals surface area contributed by atoms with Crippen molar-refractivity contribution in [2.24, 2.45) is 5.73 Å². The number of anilines is 1. The van der Waals surface area contributed by atoms with E-state index in [1.807, 2.05) is 0 Å². The number of hydrogen-bond acceptors (Lipinski definition) is 4. The molecule has 0 bridgehead atoms. The number of aliphatic hydroxyl groups is 2. The van der Waals surface area contributed by atoms with E-state index in [1.165, 1.54) is 0 Å². The number of nitrogen functional groups attached to an aromatic ring is 1. The zero-order valence-corrected chi connectivity index (χ0v) is 8.98. The van der Waals surface area contributed by atoms with Crippen LogP contribution in [0.2, 0.25) is 0 Å². The normalized spacial score (nSPS) is 15.2. The third-order valence-electron chi connectivity index (χ3n) is 2.31. The highest BCUT2D eigenvalue weighted by Crippen LogP contribution is 2.34. The van der Waals surface area contributed by atoms with E-state index < -0.39 is 35.5 Å². The van der Waals surface area contributed by atoms with E-state index >= 15 is 0 Å². The highest BCUT2D eigenvalue weighted by atomic mass is 19.4. The van der Waals surface area contributed by atoms with Crippen LogP contribution in [0.1, 0.15) is 17.2 Å². The molecule has 0 radical (unpaired) electrons. The van der Waals surface area contributed by atoms with Gasteiger partial charge in [-0.15, -0.1) is 0 Å². The predicted octanol–water partition coefficient (Wildman–Crippen LogP) is 0.167. The lowest BCUT2D eigenvalue weighted by Gasteiger charge is -2.17. The average molecular weight is 264 g/mol. The molecule has 0 heterocycles. The molecule has 5 nitrogen and oxygen atoms in total. The van der Waals surface area contributed by atoms with E-state index in [-0.39, 0.29) is 5.56 Å². The van der Waals surface area contributed by atoms with Gasteiger partial charge in [0.2, 0.25) is 5.91 Å². The molecule has 0 fully saturated rings. The number of nitrogens with two attached hydrogens (primary N) is 2. The number of carbonyl (C=O) groups excluding carboxylic acids is 1. The number of carbonyl (C=O) groups is 1. The molecular formula is C10H11F3N2O3. The van der Waals surface area contributed by atoms with Gasteiger partial charge >= 0.3 is 6.18 Å². The summed E-state index contributed by atoms with van der Waals surface area (Å²) >= 11 is 0. The van der Waals surface area contributed by atoms with Crippen molar-refractivity contribution in [3.63, 3.8) is 0 Å². The monoisotopic (exact) mass is 264 g/mol. The fourth-order valence-corrected chi connectivity index (χ4v) is 1.36. The standard InChI is InChI=1S/C10H11F3N2O3/c11-10(12,13)5-2-1-4(3-6(5)14)7(16)8(17)9(15)18/h1-3,7-8,16-17H,14H2,(H2,15,18). The molecule has 0 aliphatic heterocycles. The van der Waals surface area contributed by atoms with Gasteiger partial charge in [0.25, 0.3) is 0 Å². The first-order valence-corrected chi connectivity index (χ1v) is 4.76. The fourth-order valence-electron chi connectivity index (χ4n) is 1.36. The van der Waals surface area contributed by atoms with Gasteiger partial charge in [-0.1, -0.05) is 6.07 Å². The van der Waals surface area contributed by atoms with E-state index in [4.69, 9.17) is 11.5 Å². The van der Waals surface area contributed by atoms with Crippen LogP contribution in [0.15, 0.2) is 18.2 Å². The predicted molar refractivity (Wildman–Crippen MR) is 56.0 cm³/mol. The summed E-state index contributed by atoms with van der Waals surface area (Å²) < 4.78 is 37.2. The molecule has 1 amide bonds. The van der Waals surface area contributed by atoms with Crippen molar-refractivity contribution < 1.29 is 28.2 Å². The van der Waals surface area contributed by atoms with Crippen molar-refractivity contribution in [3.8, 4) is 0 Å². The number of hydrogen-bond donors (Lipinski definition) is 4. The third kappa shape index (κ3) is 2.90. The van der Waals surface area contributed by atoms with E-state index in [1.54, 1.807) is 0 Å². The summed E-state index contributed by atoms with van der Waals surface area (Å²) in [4.78, 5) is 10.6. The van der Waals surface area contributed by atoms with Crippen LogP contribution >= 0.6 is 0 Å². The van der Waals surface area contributed by atoms with E-state index in [0.717, 1.165) is 12.1 Å². The zero-order valence-electron chi connectivity index (χ0n) is 8.98. The van der Waals surface area contributed by atoms with Crippen molar-refractivity contribution >= 4 is 11.6 Å². The molecule has 18 heavy (non-hydrogen) atoms. The zero-order chi connectivity index (χ0) is 14.1. The Balaban J connectivity index is 3.08. The molecule has 8 heteroatoms. The molecule has 1 aromatic rings. The lowest BCUT2D eigenvalue weighted by molar-refractivity contribution is -0.137. The Bertz CT molecular complexity index is 462. The molecule has 1 rings (SSSR count). The number of amides is 1. The Hall–Kier alpha value is -1.80. The number of rotatable bonds is 3. The van der Waals surface area contributed by atoms with Crippen molar-refractivity contribution in [1.82, 2.24) is 0 Å². The van der Waals surface area contributed by atoms with Crippen LogP contribution in [0, 0.1) is 0 Å². The van der Waals surface area contributed by atoms with Crippen LogP contribution in [0.3, 0.4) is 0 Å². The van der Waals surface area contributed by atoms with Crippen LogP contribution in [0.4, 0.5) is 18.9 Å². The number of benzene rings is 1. The summed E-state index contributed by atoms with van der Waals surface area (Å²) in [5.41, 5.74) is 8.13. The first kappa shape index (κ1) is 14.3. The molecule has 0 aliphatic rings. The van der Waals surface area contributed by atoms with Gasteiger partial charge in [-0.25, -0.2) is 0 Å². The summed E-state index contributed by atoms with van der Waals surface area (Å²) in [6, 6.07) is 2.40. The van der Waals surface area contributed by atoms with Crippen molar-refractivity contribution in [2.75, 3.05) is 5.73 Å². The minimum atomic E-state index is -4.62.